The van der Waals surface area contributed by atoms with Crippen molar-refractivity contribution < 1.29 is 104 Å². The van der Waals surface area contributed by atoms with E-state index in [1.165, 1.54) is 0 Å². The molecule has 0 radical (unpaired) electrons. The van der Waals surface area contributed by atoms with Crippen molar-refractivity contribution in [1.29, 1.82) is 0 Å². The largest absolute Gasteiger partial charge is 0.394 e. The average Bonchev–Trinajstić information content (AvgIpc) is 3.76. The van der Waals surface area contributed by atoms with E-state index in [4.69, 9.17) is 42.6 Å². The third kappa shape index (κ3) is 7.21. The predicted molar refractivity (Wildman–Crippen MR) is 136 cm³/mol. The zero-order valence-corrected chi connectivity index (χ0v) is 24.1. The highest BCUT2D eigenvalue weighted by Crippen LogP contribution is 2.34. The van der Waals surface area contributed by atoms with Crippen LogP contribution < -0.4 is 0 Å². The fraction of sp³-hybridized carbons (Fsp3) is 1.00. The fourth-order valence-corrected chi connectivity index (χ4v) is 5.79. The summed E-state index contributed by atoms with van der Waals surface area (Å²) in [6, 6.07) is 0. The van der Waals surface area contributed by atoms with E-state index in [1.807, 2.05) is 0 Å². The molecule has 12 N–H and O–H groups in total. The zero-order valence-electron chi connectivity index (χ0n) is 24.1. The summed E-state index contributed by atoms with van der Waals surface area (Å²) in [5.74, 6) is 0. The lowest BCUT2D eigenvalue weighted by atomic mass is 10.1. The molecule has 5 fully saturated rings. The zero-order chi connectivity index (χ0) is 33.4. The van der Waals surface area contributed by atoms with Crippen LogP contribution in [0.5, 0.6) is 0 Å². The van der Waals surface area contributed by atoms with E-state index in [1.54, 1.807) is 0 Å². The lowest BCUT2D eigenvalue weighted by Gasteiger charge is -2.28. The van der Waals surface area contributed by atoms with Crippen LogP contribution in [-0.4, -0.2) is 217 Å². The number of hydrogen-bond acceptors (Lipinski definition) is 21. The highest BCUT2D eigenvalue weighted by Gasteiger charge is 2.54. The first kappa shape index (κ1) is 36.4. The summed E-state index contributed by atoms with van der Waals surface area (Å²) in [6.45, 7) is -2.99. The van der Waals surface area contributed by atoms with Gasteiger partial charge >= 0.3 is 0 Å². The van der Waals surface area contributed by atoms with Crippen molar-refractivity contribution >= 4 is 0 Å². The Bertz CT molecular complexity index is 965. The van der Waals surface area contributed by atoms with Gasteiger partial charge in [-0.15, -0.1) is 0 Å². The molecule has 0 aromatic carbocycles. The highest BCUT2D eigenvalue weighted by molar-refractivity contribution is 4.95. The maximum absolute atomic E-state index is 11.1. The number of hydrogen-bond donors (Lipinski definition) is 12. The molecule has 268 valence electrons. The molecule has 0 spiro atoms. The minimum Gasteiger partial charge on any atom is -0.394 e. The summed E-state index contributed by atoms with van der Waals surface area (Å²) in [5.41, 5.74) is 0. The number of aliphatic hydroxyl groups excluding tert-OH is 12. The molecule has 0 saturated carbocycles. The maximum atomic E-state index is 11.1. The monoisotopic (exact) mass is 678 g/mol. The van der Waals surface area contributed by atoms with Crippen LogP contribution >= 0.6 is 0 Å². The second kappa shape index (κ2) is 15.4. The molecule has 0 unspecified atom stereocenters. The minimum absolute atomic E-state index is 0.485. The van der Waals surface area contributed by atoms with Gasteiger partial charge in [-0.2, -0.15) is 0 Å². The normalized spacial score (nSPS) is 52.7. The molecule has 0 aliphatic carbocycles. The molecule has 46 heavy (non-hydrogen) atoms. The third-order valence-electron chi connectivity index (χ3n) is 8.53. The van der Waals surface area contributed by atoms with Crippen LogP contribution in [0.15, 0.2) is 0 Å². The van der Waals surface area contributed by atoms with Gasteiger partial charge in [-0.05, 0) is 0 Å². The van der Waals surface area contributed by atoms with E-state index in [2.05, 4.69) is 0 Å². The summed E-state index contributed by atoms with van der Waals surface area (Å²) < 4.78 is 49.6. The van der Waals surface area contributed by atoms with Crippen molar-refractivity contribution in [2.45, 2.75) is 123 Å². The van der Waals surface area contributed by atoms with Gasteiger partial charge in [0.15, 0.2) is 31.5 Å². The quantitative estimate of drug-likeness (QED) is 0.0860. The van der Waals surface area contributed by atoms with E-state index in [9.17, 15) is 61.3 Å². The molecule has 0 amide bonds. The van der Waals surface area contributed by atoms with Crippen LogP contribution in [0.4, 0.5) is 0 Å². The van der Waals surface area contributed by atoms with Crippen LogP contribution in [0.25, 0.3) is 0 Å². The third-order valence-corrected chi connectivity index (χ3v) is 8.53. The number of aliphatic hydroxyl groups is 12. The van der Waals surface area contributed by atoms with Crippen LogP contribution in [0.1, 0.15) is 0 Å². The van der Waals surface area contributed by atoms with Gasteiger partial charge in [0, 0.05) is 0 Å². The second-order valence-electron chi connectivity index (χ2n) is 11.6. The summed E-state index contributed by atoms with van der Waals surface area (Å²) in [4.78, 5) is 0. The van der Waals surface area contributed by atoms with Crippen molar-refractivity contribution in [2.75, 3.05) is 33.0 Å². The van der Waals surface area contributed by atoms with Gasteiger partial charge in [0.2, 0.25) is 0 Å². The molecule has 0 aromatic rings. The Hall–Kier alpha value is -0.840. The SMILES string of the molecule is OC[C@H]1O[C@@H](O[C@@H]2[C@@H](OC[C@H]3O[C@H](OC[C@H]4O[C@H](O)[C@@H](O)[C@@H]4O)[C@@H](O)[C@@H]3O[C@H]3O[C@H](CO)[C@@H](O)[C@@H]3O)O[C@H](CO)[C@H]2O)[C@@H](O)[C@@H]1O. The lowest BCUT2D eigenvalue weighted by molar-refractivity contribution is -0.258. The van der Waals surface area contributed by atoms with Crippen molar-refractivity contribution in [3.05, 3.63) is 0 Å². The molecule has 0 bridgehead atoms. The molecular weight excluding hydrogens is 636 g/mol. The Morgan fingerprint density at radius 3 is 1.30 bits per heavy atom. The molecule has 5 aliphatic rings. The first-order valence-corrected chi connectivity index (χ1v) is 14.7. The fourth-order valence-electron chi connectivity index (χ4n) is 5.79. The van der Waals surface area contributed by atoms with Gasteiger partial charge in [-0.1, -0.05) is 0 Å². The van der Waals surface area contributed by atoms with Gasteiger partial charge in [0.1, 0.15) is 91.6 Å². The van der Waals surface area contributed by atoms with E-state index < -0.39 is 156 Å². The van der Waals surface area contributed by atoms with Crippen molar-refractivity contribution in [1.82, 2.24) is 0 Å². The Balaban J connectivity index is 1.27. The predicted octanol–water partition coefficient (Wildman–Crippen LogP) is -8.73. The Morgan fingerprint density at radius 2 is 0.804 bits per heavy atom. The molecule has 20 atom stereocenters. The van der Waals surface area contributed by atoms with Crippen LogP contribution in [0.3, 0.4) is 0 Å². The number of ether oxygens (including phenoxy) is 9. The number of rotatable bonds is 13. The maximum Gasteiger partial charge on any atom is 0.187 e. The first-order valence-electron chi connectivity index (χ1n) is 14.7. The van der Waals surface area contributed by atoms with E-state index in [0.29, 0.717) is 0 Å². The van der Waals surface area contributed by atoms with Crippen LogP contribution in [0.2, 0.25) is 0 Å². The summed E-state index contributed by atoms with van der Waals surface area (Å²) in [5, 5.41) is 120. The van der Waals surface area contributed by atoms with Gasteiger partial charge < -0.3 is 104 Å². The highest BCUT2D eigenvalue weighted by atomic mass is 16.8. The van der Waals surface area contributed by atoms with E-state index in [-0.39, 0.29) is 0 Å². The summed E-state index contributed by atoms with van der Waals surface area (Å²) in [6.07, 6.45) is -29.4. The van der Waals surface area contributed by atoms with Crippen molar-refractivity contribution in [3.8, 4) is 0 Å². The van der Waals surface area contributed by atoms with Crippen molar-refractivity contribution in [3.63, 3.8) is 0 Å². The molecular formula is C25H42O21. The molecule has 21 nitrogen and oxygen atoms in total. The van der Waals surface area contributed by atoms with E-state index >= 15 is 0 Å². The standard InChI is InChI=1S/C25H42O21/c26-1-6-11(29)16(34)23(41-6)45-19-10(44-22(18(19)36)38-4-9-13(31)15(33)21(37)40-9)5-39-25-20(14(32)8(3-28)43-25)46-24-17(35)12(30)7(2-27)42-24/h6-37H,1-5H2/t6-,7-,8-,9-,10-,11-,12-,13-,14-,15+,16+,17+,18+,19-,20+,21+,22+,23-,24+,25+/m1/s1. The Labute approximate surface area is 260 Å². The Morgan fingerprint density at radius 1 is 0.370 bits per heavy atom. The average molecular weight is 679 g/mol. The van der Waals surface area contributed by atoms with Gasteiger partial charge in [-0.3, -0.25) is 0 Å². The molecule has 5 rings (SSSR count). The van der Waals surface area contributed by atoms with Gasteiger partial charge in [0.05, 0.1) is 33.0 Å². The van der Waals surface area contributed by atoms with Gasteiger partial charge in [-0.25, -0.2) is 0 Å². The first-order chi connectivity index (χ1) is 21.9. The minimum atomic E-state index is -1.68. The second-order valence-corrected chi connectivity index (χ2v) is 11.6. The smallest absolute Gasteiger partial charge is 0.187 e. The molecule has 0 aromatic heterocycles. The van der Waals surface area contributed by atoms with E-state index in [0.717, 1.165) is 0 Å². The molecule has 5 heterocycles. The summed E-state index contributed by atoms with van der Waals surface area (Å²) >= 11 is 0. The molecule has 5 aliphatic heterocycles. The molecule has 21 heteroatoms. The Kier molecular flexibility index (Phi) is 12.2. The van der Waals surface area contributed by atoms with Crippen LogP contribution in [-0.2, 0) is 42.6 Å². The molecule has 5 saturated heterocycles. The van der Waals surface area contributed by atoms with Crippen LogP contribution in [0, 0.1) is 0 Å². The topological polar surface area (TPSA) is 326 Å². The summed E-state index contributed by atoms with van der Waals surface area (Å²) in [7, 11) is 0. The lowest BCUT2D eigenvalue weighted by Crippen LogP contribution is -2.46. The van der Waals surface area contributed by atoms with Gasteiger partial charge in [0.25, 0.3) is 0 Å². The van der Waals surface area contributed by atoms with Crippen molar-refractivity contribution in [2.24, 2.45) is 0 Å².